The number of aliphatic hydroxyl groups excluding tert-OH is 1. The molecule has 0 spiro atoms. The van der Waals surface area contributed by atoms with Gasteiger partial charge in [-0.05, 0) is 31.5 Å². The molecule has 0 radical (unpaired) electrons. The minimum atomic E-state index is -0.886. The van der Waals surface area contributed by atoms with Crippen LogP contribution in [-0.4, -0.2) is 10.1 Å². The predicted octanol–water partition coefficient (Wildman–Crippen LogP) is 1.37. The van der Waals surface area contributed by atoms with Gasteiger partial charge in [-0.3, -0.25) is 4.98 Å². The Labute approximate surface area is 72.3 Å². The van der Waals surface area contributed by atoms with Gasteiger partial charge in [0.1, 0.15) is 0 Å². The Balaban J connectivity index is 3.10. The van der Waals surface area contributed by atoms with Crippen LogP contribution in [0, 0.1) is 26.2 Å². The molecule has 2 nitrogen and oxygen atoms in total. The maximum Gasteiger partial charge on any atom is 0.156 e. The first kappa shape index (κ1) is 8.76. The summed E-state index contributed by atoms with van der Waals surface area (Å²) in [5.41, 5.74) is 2.49. The minimum absolute atomic E-state index is 0.551. The van der Waals surface area contributed by atoms with Crippen LogP contribution in [-0.2, 0) is 0 Å². The number of hydrogen-bond acceptors (Lipinski definition) is 2. The van der Waals surface area contributed by atoms with Gasteiger partial charge in [-0.2, -0.15) is 0 Å². The van der Waals surface area contributed by atoms with E-state index in [2.05, 4.69) is 10.9 Å². The number of rotatable bonds is 1. The van der Waals surface area contributed by atoms with Gasteiger partial charge >= 0.3 is 0 Å². The van der Waals surface area contributed by atoms with E-state index in [0.29, 0.717) is 5.69 Å². The number of terminal acetylenes is 1. The largest absolute Gasteiger partial charge is 0.374 e. The first-order chi connectivity index (χ1) is 5.63. The third kappa shape index (κ3) is 1.84. The monoisotopic (exact) mass is 161 g/mol. The Kier molecular flexibility index (Phi) is 2.47. The Morgan fingerprint density at radius 1 is 1.50 bits per heavy atom. The fourth-order valence-electron chi connectivity index (χ4n) is 1.10. The number of aromatic nitrogens is 1. The average Bonchev–Trinajstić information content (AvgIpc) is 2.01. The molecule has 0 aliphatic carbocycles. The topological polar surface area (TPSA) is 33.1 Å². The molecule has 1 heterocycles. The zero-order valence-electron chi connectivity index (χ0n) is 7.20. The summed E-state index contributed by atoms with van der Waals surface area (Å²) in [5, 5.41) is 9.28. The van der Waals surface area contributed by atoms with Gasteiger partial charge < -0.3 is 5.11 Å². The molecule has 2 heteroatoms. The minimum Gasteiger partial charge on any atom is -0.374 e. The fourth-order valence-corrected chi connectivity index (χ4v) is 1.10. The Hall–Kier alpha value is -1.33. The smallest absolute Gasteiger partial charge is 0.156 e. The number of pyridine rings is 1. The molecule has 0 saturated heterocycles. The summed E-state index contributed by atoms with van der Waals surface area (Å²) in [5.74, 6) is 2.23. The maximum absolute atomic E-state index is 9.28. The molecule has 1 rings (SSSR count). The third-order valence-corrected chi connectivity index (χ3v) is 1.56. The van der Waals surface area contributed by atoms with Crippen LogP contribution >= 0.6 is 0 Å². The molecule has 0 aliphatic heterocycles. The summed E-state index contributed by atoms with van der Waals surface area (Å²) in [4.78, 5) is 4.11. The first-order valence-electron chi connectivity index (χ1n) is 3.73. The van der Waals surface area contributed by atoms with Gasteiger partial charge in [0.05, 0.1) is 5.69 Å². The number of nitrogens with zero attached hydrogens (tertiary/aromatic N) is 1. The summed E-state index contributed by atoms with van der Waals surface area (Å²) in [6, 6.07) is 3.73. The highest BCUT2D eigenvalue weighted by molar-refractivity contribution is 5.24. The van der Waals surface area contributed by atoms with Crippen molar-refractivity contribution in [3.05, 3.63) is 29.1 Å². The maximum atomic E-state index is 9.28. The van der Waals surface area contributed by atoms with Crippen LogP contribution in [0.25, 0.3) is 0 Å². The summed E-state index contributed by atoms with van der Waals surface area (Å²) in [7, 11) is 0. The molecule has 0 aromatic carbocycles. The molecule has 1 unspecified atom stereocenters. The highest BCUT2D eigenvalue weighted by atomic mass is 16.3. The zero-order valence-corrected chi connectivity index (χ0v) is 7.20. The second-order valence-electron chi connectivity index (χ2n) is 2.78. The lowest BCUT2D eigenvalue weighted by Crippen LogP contribution is -1.99. The van der Waals surface area contributed by atoms with Gasteiger partial charge in [-0.1, -0.05) is 5.92 Å². The molecule has 1 aromatic rings. The molecular weight excluding hydrogens is 150 g/mol. The van der Waals surface area contributed by atoms with Crippen molar-refractivity contribution in [3.8, 4) is 12.3 Å². The van der Waals surface area contributed by atoms with Gasteiger partial charge in [-0.25, -0.2) is 0 Å². The molecule has 0 saturated carbocycles. The van der Waals surface area contributed by atoms with Gasteiger partial charge in [0, 0.05) is 5.69 Å². The van der Waals surface area contributed by atoms with Crippen molar-refractivity contribution in [2.45, 2.75) is 20.0 Å². The Bertz CT molecular complexity index is 305. The number of aryl methyl sites for hydroxylation is 2. The van der Waals surface area contributed by atoms with E-state index < -0.39 is 6.10 Å². The summed E-state index contributed by atoms with van der Waals surface area (Å²) >= 11 is 0. The molecule has 12 heavy (non-hydrogen) atoms. The van der Waals surface area contributed by atoms with Crippen LogP contribution in [0.2, 0.25) is 0 Å². The van der Waals surface area contributed by atoms with Crippen molar-refractivity contribution < 1.29 is 5.11 Å². The van der Waals surface area contributed by atoms with E-state index in [1.54, 1.807) is 6.07 Å². The second kappa shape index (κ2) is 3.38. The molecule has 0 bridgehead atoms. The fraction of sp³-hybridized carbons (Fsp3) is 0.300. The quantitative estimate of drug-likeness (QED) is 0.631. The van der Waals surface area contributed by atoms with Crippen molar-refractivity contribution in [2.75, 3.05) is 0 Å². The van der Waals surface area contributed by atoms with Crippen molar-refractivity contribution in [3.63, 3.8) is 0 Å². The normalized spacial score (nSPS) is 12.2. The molecule has 62 valence electrons. The Morgan fingerprint density at radius 2 is 2.17 bits per heavy atom. The summed E-state index contributed by atoms with van der Waals surface area (Å²) in [6.07, 6.45) is 4.18. The molecular formula is C10H11NO. The number of hydrogen-bond donors (Lipinski definition) is 1. The Morgan fingerprint density at radius 3 is 2.67 bits per heavy atom. The van der Waals surface area contributed by atoms with Gasteiger partial charge in [-0.15, -0.1) is 6.42 Å². The lowest BCUT2D eigenvalue weighted by atomic mass is 10.1. The van der Waals surface area contributed by atoms with E-state index in [-0.39, 0.29) is 0 Å². The van der Waals surface area contributed by atoms with E-state index in [1.165, 1.54) is 0 Å². The van der Waals surface area contributed by atoms with Gasteiger partial charge in [0.15, 0.2) is 6.10 Å². The second-order valence-corrected chi connectivity index (χ2v) is 2.78. The lowest BCUT2D eigenvalue weighted by Gasteiger charge is -2.04. The van der Waals surface area contributed by atoms with Crippen LogP contribution in [0.15, 0.2) is 12.1 Å². The van der Waals surface area contributed by atoms with Crippen LogP contribution in [0.3, 0.4) is 0 Å². The van der Waals surface area contributed by atoms with Crippen LogP contribution < -0.4 is 0 Å². The van der Waals surface area contributed by atoms with Gasteiger partial charge in [0.25, 0.3) is 0 Å². The van der Waals surface area contributed by atoms with E-state index >= 15 is 0 Å². The van der Waals surface area contributed by atoms with E-state index in [4.69, 9.17) is 6.42 Å². The van der Waals surface area contributed by atoms with Crippen molar-refractivity contribution >= 4 is 0 Å². The molecule has 1 aromatic heterocycles. The zero-order chi connectivity index (χ0) is 9.14. The summed E-state index contributed by atoms with van der Waals surface area (Å²) < 4.78 is 0. The molecule has 1 atom stereocenters. The highest BCUT2D eigenvalue weighted by Crippen LogP contribution is 2.11. The lowest BCUT2D eigenvalue weighted by molar-refractivity contribution is 0.233. The highest BCUT2D eigenvalue weighted by Gasteiger charge is 2.05. The number of aliphatic hydroxyl groups is 1. The van der Waals surface area contributed by atoms with E-state index in [0.717, 1.165) is 11.3 Å². The molecule has 0 aliphatic rings. The van der Waals surface area contributed by atoms with Crippen molar-refractivity contribution in [1.29, 1.82) is 0 Å². The van der Waals surface area contributed by atoms with Crippen LogP contribution in [0.5, 0.6) is 0 Å². The van der Waals surface area contributed by atoms with Crippen molar-refractivity contribution in [2.24, 2.45) is 0 Å². The molecule has 1 N–H and O–H groups in total. The van der Waals surface area contributed by atoms with Crippen LogP contribution in [0.4, 0.5) is 0 Å². The van der Waals surface area contributed by atoms with Gasteiger partial charge in [0.2, 0.25) is 0 Å². The predicted molar refractivity (Wildman–Crippen MR) is 47.5 cm³/mol. The standard InChI is InChI=1S/C10H11NO/c1-4-10(12)9-6-7(2)5-8(3)11-9/h1,5-6,10,12H,2-3H3. The molecule has 0 amide bonds. The van der Waals surface area contributed by atoms with Crippen LogP contribution in [0.1, 0.15) is 23.1 Å². The third-order valence-electron chi connectivity index (χ3n) is 1.56. The first-order valence-corrected chi connectivity index (χ1v) is 3.73. The van der Waals surface area contributed by atoms with E-state index in [9.17, 15) is 5.11 Å². The van der Waals surface area contributed by atoms with E-state index in [1.807, 2.05) is 19.9 Å². The molecule has 0 fully saturated rings. The van der Waals surface area contributed by atoms with Crippen molar-refractivity contribution in [1.82, 2.24) is 4.98 Å². The average molecular weight is 161 g/mol. The summed E-state index contributed by atoms with van der Waals surface area (Å²) in [6.45, 7) is 3.82. The SMILES string of the molecule is C#CC(O)c1cc(C)cc(C)n1.